The number of benzene rings is 2. The molecule has 0 radical (unpaired) electrons. The molecule has 0 aliphatic rings. The highest BCUT2D eigenvalue weighted by Crippen LogP contribution is 2.27. The Morgan fingerprint density at radius 1 is 1.00 bits per heavy atom. The number of hydrogen-bond acceptors (Lipinski definition) is 6. The van der Waals surface area contributed by atoms with E-state index in [1.54, 1.807) is 44.7 Å². The lowest BCUT2D eigenvalue weighted by atomic mass is 10.2. The number of halogens is 1. The van der Waals surface area contributed by atoms with Gasteiger partial charge in [-0.3, -0.25) is 0 Å². The molecule has 1 aromatic heterocycles. The number of nitrogens with one attached hydrogen (secondary N) is 2. The number of rotatable bonds is 7. The van der Waals surface area contributed by atoms with Crippen LogP contribution in [0.15, 0.2) is 54.7 Å². The van der Waals surface area contributed by atoms with E-state index in [2.05, 4.69) is 20.6 Å². The van der Waals surface area contributed by atoms with E-state index in [0.29, 0.717) is 35.5 Å². The van der Waals surface area contributed by atoms with E-state index in [9.17, 15) is 4.39 Å². The SMILES string of the molecule is COc1ccc(CNc2nccc(Nc3ccccc3F)n2)cc1OC. The molecule has 0 unspecified atom stereocenters. The van der Waals surface area contributed by atoms with Gasteiger partial charge in [-0.2, -0.15) is 4.98 Å². The van der Waals surface area contributed by atoms with Crippen LogP contribution < -0.4 is 20.1 Å². The minimum Gasteiger partial charge on any atom is -0.493 e. The fraction of sp³-hybridized carbons (Fsp3) is 0.158. The summed E-state index contributed by atoms with van der Waals surface area (Å²) >= 11 is 0. The van der Waals surface area contributed by atoms with E-state index in [-0.39, 0.29) is 5.82 Å². The summed E-state index contributed by atoms with van der Waals surface area (Å²) in [6, 6.07) is 13.7. The van der Waals surface area contributed by atoms with Gasteiger partial charge in [0, 0.05) is 12.7 Å². The van der Waals surface area contributed by atoms with Gasteiger partial charge in [-0.05, 0) is 35.9 Å². The lowest BCUT2D eigenvalue weighted by molar-refractivity contribution is 0.354. The molecule has 26 heavy (non-hydrogen) atoms. The molecule has 0 spiro atoms. The van der Waals surface area contributed by atoms with E-state index in [0.717, 1.165) is 5.56 Å². The fourth-order valence-electron chi connectivity index (χ4n) is 2.39. The molecule has 3 aromatic rings. The number of nitrogens with zero attached hydrogens (tertiary/aromatic N) is 2. The zero-order valence-electron chi connectivity index (χ0n) is 14.5. The van der Waals surface area contributed by atoms with Gasteiger partial charge in [0.15, 0.2) is 11.5 Å². The van der Waals surface area contributed by atoms with Crippen molar-refractivity contribution in [3.63, 3.8) is 0 Å². The van der Waals surface area contributed by atoms with Gasteiger partial charge < -0.3 is 20.1 Å². The topological polar surface area (TPSA) is 68.3 Å². The van der Waals surface area contributed by atoms with Crippen LogP contribution in [-0.4, -0.2) is 24.2 Å². The van der Waals surface area contributed by atoms with Crippen molar-refractivity contribution in [2.24, 2.45) is 0 Å². The highest BCUT2D eigenvalue weighted by Gasteiger charge is 2.06. The summed E-state index contributed by atoms with van der Waals surface area (Å²) in [6.45, 7) is 0.503. The first-order valence-corrected chi connectivity index (χ1v) is 7.99. The highest BCUT2D eigenvalue weighted by atomic mass is 19.1. The van der Waals surface area contributed by atoms with Crippen molar-refractivity contribution in [2.75, 3.05) is 24.9 Å². The normalized spacial score (nSPS) is 10.3. The van der Waals surface area contributed by atoms with Crippen LogP contribution in [-0.2, 0) is 6.54 Å². The fourth-order valence-corrected chi connectivity index (χ4v) is 2.39. The molecule has 6 nitrogen and oxygen atoms in total. The lowest BCUT2D eigenvalue weighted by Crippen LogP contribution is -2.05. The summed E-state index contributed by atoms with van der Waals surface area (Å²) in [5.41, 5.74) is 1.34. The number of hydrogen-bond donors (Lipinski definition) is 2. The van der Waals surface area contributed by atoms with Crippen LogP contribution in [0.4, 0.5) is 21.8 Å². The largest absolute Gasteiger partial charge is 0.493 e. The van der Waals surface area contributed by atoms with Gasteiger partial charge in [0.2, 0.25) is 5.95 Å². The predicted molar refractivity (Wildman–Crippen MR) is 98.6 cm³/mol. The molecule has 0 atom stereocenters. The Balaban J connectivity index is 1.68. The standard InChI is InChI=1S/C19H19FN4O2/c1-25-16-8-7-13(11-17(16)26-2)12-22-19-21-10-9-18(24-19)23-15-6-4-3-5-14(15)20/h3-11H,12H2,1-2H3,(H2,21,22,23,24). The van der Waals surface area contributed by atoms with Gasteiger partial charge >= 0.3 is 0 Å². The van der Waals surface area contributed by atoms with Crippen molar-refractivity contribution in [1.82, 2.24) is 9.97 Å². The number of aromatic nitrogens is 2. The maximum absolute atomic E-state index is 13.7. The Hall–Kier alpha value is -3.35. The van der Waals surface area contributed by atoms with E-state index in [1.165, 1.54) is 6.07 Å². The van der Waals surface area contributed by atoms with Crippen LogP contribution >= 0.6 is 0 Å². The van der Waals surface area contributed by atoms with Crippen molar-refractivity contribution in [2.45, 2.75) is 6.54 Å². The molecule has 0 amide bonds. The molecule has 0 saturated heterocycles. The van der Waals surface area contributed by atoms with E-state index in [4.69, 9.17) is 9.47 Å². The van der Waals surface area contributed by atoms with Gasteiger partial charge in [0.05, 0.1) is 19.9 Å². The van der Waals surface area contributed by atoms with Gasteiger partial charge in [0.1, 0.15) is 11.6 Å². The van der Waals surface area contributed by atoms with E-state index >= 15 is 0 Å². The van der Waals surface area contributed by atoms with Gasteiger partial charge in [-0.15, -0.1) is 0 Å². The minimum atomic E-state index is -0.342. The Morgan fingerprint density at radius 2 is 1.81 bits per heavy atom. The van der Waals surface area contributed by atoms with Gasteiger partial charge in [-0.25, -0.2) is 9.37 Å². The van der Waals surface area contributed by atoms with Crippen LogP contribution in [0.25, 0.3) is 0 Å². The molecule has 0 fully saturated rings. The molecular weight excluding hydrogens is 335 g/mol. The second kappa shape index (κ2) is 8.15. The predicted octanol–water partition coefficient (Wildman–Crippen LogP) is 3.99. The average molecular weight is 354 g/mol. The molecule has 7 heteroatoms. The van der Waals surface area contributed by atoms with Crippen LogP contribution in [0.3, 0.4) is 0 Å². The molecule has 2 N–H and O–H groups in total. The second-order valence-electron chi connectivity index (χ2n) is 5.41. The highest BCUT2D eigenvalue weighted by molar-refractivity contribution is 5.57. The van der Waals surface area contributed by atoms with Gasteiger partial charge in [0.25, 0.3) is 0 Å². The van der Waals surface area contributed by atoms with E-state index in [1.807, 2.05) is 18.2 Å². The summed E-state index contributed by atoms with van der Waals surface area (Å²) in [6.07, 6.45) is 1.60. The summed E-state index contributed by atoms with van der Waals surface area (Å²) in [5, 5.41) is 6.08. The molecule has 3 rings (SSSR count). The van der Waals surface area contributed by atoms with E-state index < -0.39 is 0 Å². The van der Waals surface area contributed by atoms with Crippen molar-refractivity contribution < 1.29 is 13.9 Å². The number of methoxy groups -OCH3 is 2. The van der Waals surface area contributed by atoms with Crippen molar-refractivity contribution in [1.29, 1.82) is 0 Å². The van der Waals surface area contributed by atoms with Crippen molar-refractivity contribution in [3.05, 3.63) is 66.1 Å². The first kappa shape index (κ1) is 17.5. The summed E-state index contributed by atoms with van der Waals surface area (Å²) in [5.74, 6) is 1.92. The number of anilines is 3. The molecule has 0 bridgehead atoms. The molecule has 0 aliphatic heterocycles. The summed E-state index contributed by atoms with van der Waals surface area (Å²) in [4.78, 5) is 8.53. The van der Waals surface area contributed by atoms with Crippen molar-refractivity contribution >= 4 is 17.5 Å². The molecule has 0 saturated carbocycles. The Morgan fingerprint density at radius 3 is 2.58 bits per heavy atom. The molecule has 0 aliphatic carbocycles. The molecule has 1 heterocycles. The first-order valence-electron chi connectivity index (χ1n) is 7.99. The quantitative estimate of drug-likeness (QED) is 0.669. The summed E-state index contributed by atoms with van der Waals surface area (Å²) in [7, 11) is 3.19. The summed E-state index contributed by atoms with van der Waals surface area (Å²) < 4.78 is 24.3. The number of para-hydroxylation sites is 1. The van der Waals surface area contributed by atoms with Crippen LogP contribution in [0, 0.1) is 5.82 Å². The Kier molecular flexibility index (Phi) is 5.48. The monoisotopic (exact) mass is 354 g/mol. The Labute approximate surface area is 151 Å². The molecular formula is C19H19FN4O2. The van der Waals surface area contributed by atoms with Crippen LogP contribution in [0.1, 0.15) is 5.56 Å². The average Bonchev–Trinajstić information content (AvgIpc) is 2.68. The lowest BCUT2D eigenvalue weighted by Gasteiger charge is -2.11. The first-order chi connectivity index (χ1) is 12.7. The maximum Gasteiger partial charge on any atom is 0.224 e. The van der Waals surface area contributed by atoms with Crippen LogP contribution in [0.2, 0.25) is 0 Å². The molecule has 2 aromatic carbocycles. The smallest absolute Gasteiger partial charge is 0.224 e. The Bertz CT molecular complexity index is 889. The van der Waals surface area contributed by atoms with Crippen LogP contribution in [0.5, 0.6) is 11.5 Å². The van der Waals surface area contributed by atoms with Crippen molar-refractivity contribution in [3.8, 4) is 11.5 Å². The third-order valence-electron chi connectivity index (χ3n) is 3.69. The minimum absolute atomic E-state index is 0.342. The third kappa shape index (κ3) is 4.18. The second-order valence-corrected chi connectivity index (χ2v) is 5.41. The molecule has 134 valence electrons. The number of ether oxygens (including phenoxy) is 2. The van der Waals surface area contributed by atoms with Gasteiger partial charge in [-0.1, -0.05) is 18.2 Å². The third-order valence-corrected chi connectivity index (χ3v) is 3.69. The maximum atomic E-state index is 13.7. The zero-order chi connectivity index (χ0) is 18.4. The zero-order valence-corrected chi connectivity index (χ0v) is 14.5.